The third-order valence-electron chi connectivity index (χ3n) is 5.80. The Morgan fingerprint density at radius 1 is 1.32 bits per heavy atom. The molecule has 2 N–H and O–H groups in total. The fraction of sp³-hybridized carbons (Fsp3) is 0.440. The van der Waals surface area contributed by atoms with Gasteiger partial charge in [-0.2, -0.15) is 0 Å². The topological polar surface area (TPSA) is 86.3 Å². The van der Waals surface area contributed by atoms with Crippen LogP contribution in [-0.2, 0) is 13.0 Å². The summed E-state index contributed by atoms with van der Waals surface area (Å²) in [6.07, 6.45) is 2.31. The van der Waals surface area contributed by atoms with Gasteiger partial charge in [0.2, 0.25) is 5.95 Å². The van der Waals surface area contributed by atoms with Crippen molar-refractivity contribution in [2.24, 2.45) is 0 Å². The Labute approximate surface area is 213 Å². The number of hydrogen-bond acceptors (Lipinski definition) is 7. The number of carbonyl (C=O) groups excluding carboxylic acids is 1. The first kappa shape index (κ1) is 17.4. The zero-order valence-electron chi connectivity index (χ0n) is 25.4. The Morgan fingerprint density at radius 3 is 2.82 bits per heavy atom. The standard InChI is InChI=1S/C25H33N7OS/c1-16-15-34-23(27-16)18(3)28-24-26-12-20-11-17(2)32(14-22(20)29-24)25(33)30-21(13-31(4)5)19-9-7-6-8-10-19/h6-10,12,15,17-18,21H,11,13-14H2,1-5H3,(H,30,33)(H,26,28,29)/t17-,18-,21-/m1/s1/i4D3,5D3. The number of urea groups is 1. The van der Waals surface area contributed by atoms with E-state index in [9.17, 15) is 4.79 Å². The number of nitrogens with zero attached hydrogens (tertiary/aromatic N) is 5. The van der Waals surface area contributed by atoms with Gasteiger partial charge in [-0.1, -0.05) is 30.3 Å². The molecule has 0 spiro atoms. The molecule has 2 aromatic heterocycles. The normalized spacial score (nSPS) is 20.6. The van der Waals surface area contributed by atoms with Crippen LogP contribution in [0.15, 0.2) is 41.9 Å². The Morgan fingerprint density at radius 2 is 2.12 bits per heavy atom. The molecule has 0 unspecified atom stereocenters. The molecule has 0 saturated heterocycles. The minimum absolute atomic E-state index is 0.0929. The minimum atomic E-state index is -2.88. The zero-order chi connectivity index (χ0) is 29.2. The fourth-order valence-electron chi connectivity index (χ4n) is 4.00. The Bertz CT molecular complexity index is 1300. The van der Waals surface area contributed by atoms with Crippen LogP contribution in [0.5, 0.6) is 0 Å². The highest BCUT2D eigenvalue weighted by Crippen LogP contribution is 2.25. The van der Waals surface area contributed by atoms with Crippen molar-refractivity contribution in [1.82, 2.24) is 30.1 Å². The largest absolute Gasteiger partial charge is 0.345 e. The van der Waals surface area contributed by atoms with Crippen LogP contribution in [0.1, 0.15) is 61.7 Å². The molecule has 1 aromatic carbocycles. The molecule has 3 atom stereocenters. The van der Waals surface area contributed by atoms with Crippen LogP contribution < -0.4 is 10.6 Å². The number of benzene rings is 1. The van der Waals surface area contributed by atoms with E-state index in [1.165, 1.54) is 0 Å². The van der Waals surface area contributed by atoms with E-state index in [4.69, 9.17) is 8.22 Å². The van der Waals surface area contributed by atoms with Gasteiger partial charge in [0.25, 0.3) is 0 Å². The summed E-state index contributed by atoms with van der Waals surface area (Å²) >= 11 is 1.56. The van der Waals surface area contributed by atoms with Gasteiger partial charge in [0.05, 0.1) is 24.3 Å². The molecule has 0 saturated carbocycles. The first-order valence-electron chi connectivity index (χ1n) is 14.2. The highest BCUT2D eigenvalue weighted by Gasteiger charge is 2.30. The molecule has 9 heteroatoms. The number of thiazole rings is 1. The van der Waals surface area contributed by atoms with E-state index in [1.807, 2.05) is 26.2 Å². The summed E-state index contributed by atoms with van der Waals surface area (Å²) in [5, 5.41) is 9.07. The molecule has 1 aliphatic heterocycles. The van der Waals surface area contributed by atoms with E-state index in [1.54, 1.807) is 52.8 Å². The number of nitrogens with one attached hydrogen (secondary N) is 2. The molecule has 3 heterocycles. The van der Waals surface area contributed by atoms with Gasteiger partial charge in [0.15, 0.2) is 0 Å². The molecule has 4 rings (SSSR count). The summed E-state index contributed by atoms with van der Waals surface area (Å²) in [5.41, 5.74) is 3.19. The maximum absolute atomic E-state index is 13.6. The average molecular weight is 486 g/mol. The van der Waals surface area contributed by atoms with Crippen molar-refractivity contribution in [3.8, 4) is 0 Å². The van der Waals surface area contributed by atoms with Crippen LogP contribution >= 0.6 is 11.3 Å². The van der Waals surface area contributed by atoms with Crippen molar-refractivity contribution in [2.45, 2.75) is 51.9 Å². The lowest BCUT2D eigenvalue weighted by molar-refractivity contribution is 0.161. The van der Waals surface area contributed by atoms with Crippen molar-refractivity contribution in [2.75, 3.05) is 25.8 Å². The Kier molecular flexibility index (Phi) is 5.37. The van der Waals surface area contributed by atoms with Crippen LogP contribution in [0.2, 0.25) is 0 Å². The molecular weight excluding hydrogens is 446 g/mol. The third kappa shape index (κ3) is 5.71. The van der Waals surface area contributed by atoms with Gasteiger partial charge < -0.3 is 20.4 Å². The molecule has 8 nitrogen and oxygen atoms in total. The molecule has 180 valence electrons. The number of amides is 2. The van der Waals surface area contributed by atoms with Crippen LogP contribution in [0.3, 0.4) is 0 Å². The lowest BCUT2D eigenvalue weighted by Gasteiger charge is -2.35. The second-order valence-electron chi connectivity index (χ2n) is 8.56. The van der Waals surface area contributed by atoms with Crippen molar-refractivity contribution in [3.05, 3.63) is 69.4 Å². The average Bonchev–Trinajstić information content (AvgIpc) is 3.31. The monoisotopic (exact) mass is 485 g/mol. The summed E-state index contributed by atoms with van der Waals surface area (Å²) in [6.45, 7) is -0.135. The van der Waals surface area contributed by atoms with Crippen LogP contribution in [0.4, 0.5) is 10.7 Å². The summed E-state index contributed by atoms with van der Waals surface area (Å²) in [6, 6.07) is 7.15. The van der Waals surface area contributed by atoms with Gasteiger partial charge in [-0.15, -0.1) is 11.3 Å². The van der Waals surface area contributed by atoms with E-state index >= 15 is 0 Å². The summed E-state index contributed by atoms with van der Waals surface area (Å²) in [5.74, 6) is 0.433. The van der Waals surface area contributed by atoms with Gasteiger partial charge in [0.1, 0.15) is 5.01 Å². The number of carbonyl (C=O) groups is 1. The summed E-state index contributed by atoms with van der Waals surface area (Å²) in [7, 11) is 0. The Balaban J connectivity index is 1.53. The van der Waals surface area contributed by atoms with E-state index < -0.39 is 32.6 Å². The van der Waals surface area contributed by atoms with E-state index in [2.05, 4.69) is 25.6 Å². The third-order valence-corrected chi connectivity index (χ3v) is 6.95. The van der Waals surface area contributed by atoms with Crippen molar-refractivity contribution < 1.29 is 13.0 Å². The lowest BCUT2D eigenvalue weighted by atomic mass is 10.0. The SMILES string of the molecule is [2H]C([2H])([2H])N(C[C@@H](NC(=O)N1Cc2nc(N[C@H](C)c3nc(C)cs3)ncc2C[C@H]1C)c1ccccc1)C([2H])([2H])[2H]. The van der Waals surface area contributed by atoms with Crippen molar-refractivity contribution >= 4 is 23.3 Å². The van der Waals surface area contributed by atoms with Crippen LogP contribution in [0.25, 0.3) is 0 Å². The number of hydrogen-bond donors (Lipinski definition) is 2. The predicted molar refractivity (Wildman–Crippen MR) is 136 cm³/mol. The molecule has 1 aliphatic rings. The summed E-state index contributed by atoms with van der Waals surface area (Å²) < 4.78 is 46.6. The van der Waals surface area contributed by atoms with E-state index in [-0.39, 0.29) is 18.6 Å². The first-order valence-corrected chi connectivity index (χ1v) is 12.0. The van der Waals surface area contributed by atoms with Gasteiger partial charge in [-0.25, -0.2) is 19.7 Å². The molecule has 0 radical (unpaired) electrons. The molecule has 0 fully saturated rings. The molecule has 0 aliphatic carbocycles. The molecule has 3 aromatic rings. The number of rotatable bonds is 7. The number of likely N-dealkylation sites (N-methyl/N-ethyl adjacent to an activating group) is 1. The first-order chi connectivity index (χ1) is 18.7. The maximum atomic E-state index is 13.6. The lowest BCUT2D eigenvalue weighted by Crippen LogP contribution is -2.50. The number of anilines is 1. The van der Waals surface area contributed by atoms with Crippen molar-refractivity contribution in [1.29, 1.82) is 0 Å². The predicted octanol–water partition coefficient (Wildman–Crippen LogP) is 4.17. The van der Waals surface area contributed by atoms with Gasteiger partial charge in [0, 0.05) is 38.1 Å². The number of fused-ring (bicyclic) bond motifs is 1. The highest BCUT2D eigenvalue weighted by molar-refractivity contribution is 7.09. The summed E-state index contributed by atoms with van der Waals surface area (Å²) in [4.78, 5) is 29.3. The zero-order valence-corrected chi connectivity index (χ0v) is 20.3. The minimum Gasteiger partial charge on any atom is -0.345 e. The van der Waals surface area contributed by atoms with Gasteiger partial charge in [-0.3, -0.25) is 0 Å². The van der Waals surface area contributed by atoms with Crippen LogP contribution in [-0.4, -0.2) is 57.3 Å². The van der Waals surface area contributed by atoms with E-state index in [0.29, 0.717) is 28.5 Å². The van der Waals surface area contributed by atoms with E-state index in [0.717, 1.165) is 16.3 Å². The number of aromatic nitrogens is 3. The van der Waals surface area contributed by atoms with Crippen molar-refractivity contribution in [3.63, 3.8) is 0 Å². The van der Waals surface area contributed by atoms with Crippen LogP contribution in [0, 0.1) is 6.92 Å². The molecule has 2 amide bonds. The quantitative estimate of drug-likeness (QED) is 0.522. The molecule has 0 bridgehead atoms. The molecule has 34 heavy (non-hydrogen) atoms. The second kappa shape index (κ2) is 10.5. The molecular formula is C25H33N7OS. The van der Waals surface area contributed by atoms with Gasteiger partial charge >= 0.3 is 6.03 Å². The smallest absolute Gasteiger partial charge is 0.318 e. The van der Waals surface area contributed by atoms with Gasteiger partial charge in [-0.05, 0) is 52.3 Å². The Hall–Kier alpha value is -3.04. The second-order valence-corrected chi connectivity index (χ2v) is 9.45. The number of aryl methyl sites for hydroxylation is 1. The highest BCUT2D eigenvalue weighted by atomic mass is 32.1. The maximum Gasteiger partial charge on any atom is 0.318 e. The fourth-order valence-corrected chi connectivity index (χ4v) is 4.80.